The van der Waals surface area contributed by atoms with Gasteiger partial charge in [0.2, 0.25) is 0 Å². The van der Waals surface area contributed by atoms with Gasteiger partial charge in [-0.3, -0.25) is 4.79 Å². The summed E-state index contributed by atoms with van der Waals surface area (Å²) >= 11 is 0. The number of nitrogens with zero attached hydrogens (tertiary/aromatic N) is 1. The van der Waals surface area contributed by atoms with Crippen LogP contribution in [0.25, 0.3) is 10.9 Å². The largest absolute Gasteiger partial charge is 0.491 e. The lowest BCUT2D eigenvalue weighted by Crippen LogP contribution is -2.52. The van der Waals surface area contributed by atoms with Crippen LogP contribution in [0.3, 0.4) is 0 Å². The van der Waals surface area contributed by atoms with Crippen molar-refractivity contribution in [3.05, 3.63) is 76.6 Å². The van der Waals surface area contributed by atoms with Gasteiger partial charge in [-0.15, -0.1) is 0 Å². The molecule has 0 aliphatic heterocycles. The molecule has 0 fully saturated rings. The van der Waals surface area contributed by atoms with Crippen LogP contribution in [-0.4, -0.2) is 27.6 Å². The molecular weight excluding hydrogens is 419 g/mol. The Labute approximate surface area is 185 Å². The number of benzene rings is 2. The monoisotopic (exact) mass is 447 g/mol. The Bertz CT molecular complexity index is 1150. The molecule has 3 rings (SSSR count). The number of rotatable bonds is 7. The highest BCUT2D eigenvalue weighted by Crippen LogP contribution is 2.43. The third kappa shape index (κ3) is 4.99. The summed E-state index contributed by atoms with van der Waals surface area (Å²) in [5, 5.41) is 11.3. The standard InChI is InChI=1S/C25H28F3NO3/c1-17(2)32-19-9-7-8-18(14-19)23(3,4)15-24(31,25(26,27)28)16-29-13-12-22(30)20-10-5-6-11-21(20)29/h5-14,17,31H,15-16H2,1-4H3. The fraction of sp³-hybridized carbons (Fsp3) is 0.400. The Balaban J connectivity index is 2.00. The van der Waals surface area contributed by atoms with E-state index >= 15 is 0 Å². The van der Waals surface area contributed by atoms with Crippen molar-refractivity contribution in [3.8, 4) is 5.75 Å². The first-order valence-corrected chi connectivity index (χ1v) is 10.5. The van der Waals surface area contributed by atoms with E-state index < -0.39 is 30.2 Å². The number of aromatic nitrogens is 1. The molecule has 0 bridgehead atoms. The number of alkyl halides is 3. The van der Waals surface area contributed by atoms with Gasteiger partial charge < -0.3 is 14.4 Å². The number of fused-ring (bicyclic) bond motifs is 1. The predicted molar refractivity (Wildman–Crippen MR) is 119 cm³/mol. The van der Waals surface area contributed by atoms with Gasteiger partial charge in [-0.2, -0.15) is 13.2 Å². The highest BCUT2D eigenvalue weighted by molar-refractivity contribution is 5.78. The zero-order chi connectivity index (χ0) is 23.7. The molecule has 2 aromatic carbocycles. The summed E-state index contributed by atoms with van der Waals surface area (Å²) < 4.78 is 49.6. The first kappa shape index (κ1) is 23.9. The zero-order valence-corrected chi connectivity index (χ0v) is 18.6. The summed E-state index contributed by atoms with van der Waals surface area (Å²) in [5.41, 5.74) is -3.36. The minimum Gasteiger partial charge on any atom is -0.491 e. The number of hydrogen-bond donors (Lipinski definition) is 1. The summed E-state index contributed by atoms with van der Waals surface area (Å²) in [7, 11) is 0. The van der Waals surface area contributed by atoms with Crippen LogP contribution in [0.15, 0.2) is 65.6 Å². The van der Waals surface area contributed by atoms with Gasteiger partial charge in [0.1, 0.15) is 5.75 Å². The number of aliphatic hydroxyl groups is 1. The van der Waals surface area contributed by atoms with E-state index in [0.29, 0.717) is 22.2 Å². The fourth-order valence-corrected chi connectivity index (χ4v) is 4.02. The van der Waals surface area contributed by atoms with E-state index in [1.165, 1.54) is 16.8 Å². The van der Waals surface area contributed by atoms with Crippen molar-refractivity contribution < 1.29 is 23.0 Å². The number of ether oxygens (including phenoxy) is 1. The van der Waals surface area contributed by atoms with Crippen LogP contribution in [0.5, 0.6) is 5.75 Å². The van der Waals surface area contributed by atoms with Crippen LogP contribution in [0.2, 0.25) is 0 Å². The van der Waals surface area contributed by atoms with E-state index in [-0.39, 0.29) is 11.5 Å². The van der Waals surface area contributed by atoms with Crippen LogP contribution >= 0.6 is 0 Å². The second kappa shape index (κ2) is 8.62. The molecule has 7 heteroatoms. The molecule has 0 aliphatic rings. The van der Waals surface area contributed by atoms with Crippen LogP contribution < -0.4 is 10.2 Å². The van der Waals surface area contributed by atoms with Gasteiger partial charge in [-0.1, -0.05) is 38.1 Å². The Kier molecular flexibility index (Phi) is 6.43. The highest BCUT2D eigenvalue weighted by atomic mass is 19.4. The molecular formula is C25H28F3NO3. The molecule has 0 saturated carbocycles. The van der Waals surface area contributed by atoms with E-state index in [2.05, 4.69) is 0 Å². The van der Waals surface area contributed by atoms with Crippen molar-refractivity contribution in [1.29, 1.82) is 0 Å². The molecule has 1 aromatic heterocycles. The Hall–Kier alpha value is -2.80. The van der Waals surface area contributed by atoms with E-state index in [9.17, 15) is 23.1 Å². The number of pyridine rings is 1. The number of halogens is 3. The minimum atomic E-state index is -4.89. The van der Waals surface area contributed by atoms with Crippen molar-refractivity contribution in [2.45, 2.75) is 64.0 Å². The average Bonchev–Trinajstić information content (AvgIpc) is 2.69. The summed E-state index contributed by atoms with van der Waals surface area (Å²) in [5.74, 6) is 0.563. The summed E-state index contributed by atoms with van der Waals surface area (Å²) in [6.07, 6.45) is -4.24. The smallest absolute Gasteiger partial charge is 0.418 e. The van der Waals surface area contributed by atoms with E-state index in [1.54, 1.807) is 62.4 Å². The quantitative estimate of drug-likeness (QED) is 0.524. The summed E-state index contributed by atoms with van der Waals surface area (Å²) in [4.78, 5) is 12.1. The predicted octanol–water partition coefficient (Wildman–Crippen LogP) is 5.45. The topological polar surface area (TPSA) is 51.5 Å². The van der Waals surface area contributed by atoms with E-state index in [1.807, 2.05) is 13.8 Å². The zero-order valence-electron chi connectivity index (χ0n) is 18.6. The van der Waals surface area contributed by atoms with Crippen molar-refractivity contribution in [2.75, 3.05) is 0 Å². The third-order valence-corrected chi connectivity index (χ3v) is 5.57. The highest BCUT2D eigenvalue weighted by Gasteiger charge is 2.56. The van der Waals surface area contributed by atoms with Crippen molar-refractivity contribution in [1.82, 2.24) is 4.57 Å². The van der Waals surface area contributed by atoms with E-state index in [0.717, 1.165) is 0 Å². The molecule has 0 saturated heterocycles. The van der Waals surface area contributed by atoms with Crippen LogP contribution in [0.1, 0.15) is 39.7 Å². The second-order valence-electron chi connectivity index (χ2n) is 9.11. The maximum absolute atomic E-state index is 14.2. The van der Waals surface area contributed by atoms with Gasteiger partial charge in [0.15, 0.2) is 11.0 Å². The Morgan fingerprint density at radius 2 is 1.72 bits per heavy atom. The lowest BCUT2D eigenvalue weighted by Gasteiger charge is -2.38. The summed E-state index contributed by atoms with van der Waals surface area (Å²) in [6, 6.07) is 14.6. The van der Waals surface area contributed by atoms with Crippen molar-refractivity contribution >= 4 is 10.9 Å². The minimum absolute atomic E-state index is 0.0749. The molecule has 0 aliphatic carbocycles. The first-order valence-electron chi connectivity index (χ1n) is 10.5. The van der Waals surface area contributed by atoms with Gasteiger partial charge in [0.05, 0.1) is 18.2 Å². The number of hydrogen-bond acceptors (Lipinski definition) is 3. The molecule has 3 aromatic rings. The average molecular weight is 447 g/mol. The van der Waals surface area contributed by atoms with Gasteiger partial charge in [0, 0.05) is 17.6 Å². The SMILES string of the molecule is CC(C)Oc1cccc(C(C)(C)CC(O)(Cn2ccc(=O)c3ccccc32)C(F)(F)F)c1. The van der Waals surface area contributed by atoms with Crippen LogP contribution in [0.4, 0.5) is 13.2 Å². The van der Waals surface area contributed by atoms with Crippen molar-refractivity contribution in [3.63, 3.8) is 0 Å². The lowest BCUT2D eigenvalue weighted by atomic mass is 9.74. The summed E-state index contributed by atoms with van der Waals surface area (Å²) in [6.45, 7) is 6.34. The lowest BCUT2D eigenvalue weighted by molar-refractivity contribution is -0.271. The Morgan fingerprint density at radius 3 is 2.38 bits per heavy atom. The normalized spacial score (nSPS) is 14.5. The fourth-order valence-electron chi connectivity index (χ4n) is 4.02. The van der Waals surface area contributed by atoms with Crippen LogP contribution in [-0.2, 0) is 12.0 Å². The Morgan fingerprint density at radius 1 is 1.03 bits per heavy atom. The van der Waals surface area contributed by atoms with Crippen LogP contribution in [0, 0.1) is 0 Å². The van der Waals surface area contributed by atoms with Gasteiger partial charge in [-0.25, -0.2) is 0 Å². The molecule has 32 heavy (non-hydrogen) atoms. The van der Waals surface area contributed by atoms with Gasteiger partial charge >= 0.3 is 6.18 Å². The van der Waals surface area contributed by atoms with Gasteiger partial charge in [-0.05, 0) is 55.5 Å². The maximum atomic E-state index is 14.2. The second-order valence-corrected chi connectivity index (χ2v) is 9.11. The maximum Gasteiger partial charge on any atom is 0.418 e. The molecule has 1 unspecified atom stereocenters. The molecule has 1 atom stereocenters. The number of para-hydroxylation sites is 1. The molecule has 172 valence electrons. The molecule has 0 amide bonds. The molecule has 0 radical (unpaired) electrons. The molecule has 0 spiro atoms. The molecule has 1 heterocycles. The third-order valence-electron chi connectivity index (χ3n) is 5.57. The molecule has 1 N–H and O–H groups in total. The van der Waals surface area contributed by atoms with Gasteiger partial charge in [0.25, 0.3) is 0 Å². The molecule has 4 nitrogen and oxygen atoms in total. The van der Waals surface area contributed by atoms with Crippen molar-refractivity contribution in [2.24, 2.45) is 0 Å². The first-order chi connectivity index (χ1) is 14.8. The van der Waals surface area contributed by atoms with E-state index in [4.69, 9.17) is 4.74 Å².